The monoisotopic (exact) mass is 438 g/mol. The van der Waals surface area contributed by atoms with Crippen LogP contribution in [-0.2, 0) is 22.7 Å². The molecule has 1 saturated heterocycles. The molecular weight excluding hydrogens is 411 g/mol. The number of amides is 2. The number of primary amides is 1. The molecule has 3 N–H and O–H groups in total. The van der Waals surface area contributed by atoms with Crippen LogP contribution in [0.15, 0.2) is 66.1 Å². The first-order valence-corrected chi connectivity index (χ1v) is 10.7. The Kier molecular flexibility index (Phi) is 6.14. The number of carbonyl (C=O) groups excluding carboxylic acids is 2. The fourth-order valence-electron chi connectivity index (χ4n) is 4.72. The Morgan fingerprint density at radius 3 is 2.50 bits per heavy atom. The molecule has 2 unspecified atom stereocenters. The normalized spacial score (nSPS) is 21.2. The molecule has 2 aliphatic heterocycles. The van der Waals surface area contributed by atoms with Crippen molar-refractivity contribution in [3.8, 4) is 0 Å². The van der Waals surface area contributed by atoms with Gasteiger partial charge in [-0.3, -0.25) is 14.5 Å². The van der Waals surface area contributed by atoms with Crippen LogP contribution < -0.4 is 5.73 Å². The molecule has 0 aromatic heterocycles. The smallest absolute Gasteiger partial charge is 0.292 e. The minimum atomic E-state index is -0.868. The first kappa shape index (κ1) is 21.8. The number of benzene rings is 2. The molecule has 2 atom stereocenters. The van der Waals surface area contributed by atoms with Crippen LogP contribution in [0.1, 0.15) is 24.0 Å². The molecule has 32 heavy (non-hydrogen) atoms. The van der Waals surface area contributed by atoms with Crippen LogP contribution >= 0.6 is 0 Å². The van der Waals surface area contributed by atoms with Crippen LogP contribution in [0.2, 0.25) is 0 Å². The van der Waals surface area contributed by atoms with Crippen molar-refractivity contribution in [2.45, 2.75) is 38.1 Å². The van der Waals surface area contributed by atoms with Gasteiger partial charge in [0.1, 0.15) is 12.0 Å². The summed E-state index contributed by atoms with van der Waals surface area (Å²) in [7, 11) is 1.99. The summed E-state index contributed by atoms with van der Waals surface area (Å²) in [6.07, 6.45) is 1.09. The fourth-order valence-corrected chi connectivity index (χ4v) is 4.72. The lowest BCUT2D eigenvalue weighted by atomic mass is 9.94. The van der Waals surface area contributed by atoms with Gasteiger partial charge in [-0.05, 0) is 43.1 Å². The third kappa shape index (κ3) is 4.18. The Labute approximate surface area is 186 Å². The number of nitrogens with two attached hydrogens (primary N) is 1. The number of likely N-dealkylation sites (N-methyl/N-ethyl adjacent to an activating group) is 1. The van der Waals surface area contributed by atoms with E-state index in [2.05, 4.69) is 4.90 Å². The second-order valence-electron chi connectivity index (χ2n) is 8.34. The molecular formula is C24H27FN4O3. The molecule has 0 bridgehead atoms. The summed E-state index contributed by atoms with van der Waals surface area (Å²) < 4.78 is 13.4. The molecule has 8 heteroatoms. The van der Waals surface area contributed by atoms with Crippen molar-refractivity contribution in [3.63, 3.8) is 0 Å². The van der Waals surface area contributed by atoms with E-state index >= 15 is 0 Å². The highest BCUT2D eigenvalue weighted by Gasteiger charge is 2.47. The predicted octanol–water partition coefficient (Wildman–Crippen LogP) is 2.35. The van der Waals surface area contributed by atoms with Crippen molar-refractivity contribution in [2.24, 2.45) is 5.73 Å². The lowest BCUT2D eigenvalue weighted by molar-refractivity contribution is -0.149. The first-order valence-electron chi connectivity index (χ1n) is 10.7. The van der Waals surface area contributed by atoms with Crippen molar-refractivity contribution in [3.05, 3.63) is 83.0 Å². The lowest BCUT2D eigenvalue weighted by Gasteiger charge is -2.52. The summed E-state index contributed by atoms with van der Waals surface area (Å²) in [4.78, 5) is 30.8. The Morgan fingerprint density at radius 1 is 1.16 bits per heavy atom. The molecule has 2 aliphatic rings. The summed E-state index contributed by atoms with van der Waals surface area (Å²) >= 11 is 0. The van der Waals surface area contributed by atoms with Crippen LogP contribution in [0.4, 0.5) is 4.39 Å². The average molecular weight is 439 g/mol. The highest BCUT2D eigenvalue weighted by Crippen LogP contribution is 2.34. The van der Waals surface area contributed by atoms with Gasteiger partial charge in [0.05, 0.1) is 0 Å². The zero-order valence-electron chi connectivity index (χ0n) is 17.9. The van der Waals surface area contributed by atoms with E-state index in [4.69, 9.17) is 5.73 Å². The fraction of sp³-hybridized carbons (Fsp3) is 0.333. The van der Waals surface area contributed by atoms with Crippen LogP contribution in [0.5, 0.6) is 0 Å². The summed E-state index contributed by atoms with van der Waals surface area (Å²) in [5.74, 6) is -2.46. The van der Waals surface area contributed by atoms with Gasteiger partial charge in [0.2, 0.25) is 5.76 Å². The van der Waals surface area contributed by atoms with E-state index < -0.39 is 23.7 Å². The van der Waals surface area contributed by atoms with E-state index in [9.17, 15) is 19.1 Å². The molecule has 0 radical (unpaired) electrons. The number of aliphatic hydroxyl groups excluding tert-OH is 1. The minimum absolute atomic E-state index is 0.101. The van der Waals surface area contributed by atoms with Gasteiger partial charge in [-0.1, -0.05) is 42.5 Å². The van der Waals surface area contributed by atoms with Crippen molar-refractivity contribution in [1.82, 2.24) is 14.7 Å². The van der Waals surface area contributed by atoms with E-state index in [0.717, 1.165) is 24.0 Å². The first-order chi connectivity index (χ1) is 15.4. The average Bonchev–Trinajstić information content (AvgIpc) is 2.78. The number of halogens is 1. The van der Waals surface area contributed by atoms with Crippen molar-refractivity contribution < 1.29 is 19.1 Å². The summed E-state index contributed by atoms with van der Waals surface area (Å²) in [5, 5.41) is 10.6. The summed E-state index contributed by atoms with van der Waals surface area (Å²) in [6.45, 7) is 1.33. The third-order valence-corrected chi connectivity index (χ3v) is 6.20. The third-order valence-electron chi connectivity index (χ3n) is 6.20. The van der Waals surface area contributed by atoms with E-state index in [1.54, 1.807) is 21.9 Å². The van der Waals surface area contributed by atoms with E-state index in [1.165, 1.54) is 12.1 Å². The second-order valence-corrected chi connectivity index (χ2v) is 8.34. The number of hydrogen-bond donors (Lipinski definition) is 2. The van der Waals surface area contributed by atoms with Crippen LogP contribution in [0, 0.1) is 5.82 Å². The molecule has 1 fully saturated rings. The Morgan fingerprint density at radius 2 is 1.84 bits per heavy atom. The number of fused-ring (bicyclic) bond motifs is 1. The molecule has 168 valence electrons. The molecule has 4 rings (SSSR count). The van der Waals surface area contributed by atoms with Gasteiger partial charge < -0.3 is 20.6 Å². The van der Waals surface area contributed by atoms with Gasteiger partial charge in [-0.2, -0.15) is 0 Å². The van der Waals surface area contributed by atoms with Gasteiger partial charge in [-0.15, -0.1) is 0 Å². The zero-order chi connectivity index (χ0) is 22.8. The maximum Gasteiger partial charge on any atom is 0.292 e. The highest BCUT2D eigenvalue weighted by molar-refractivity contribution is 6.03. The quantitative estimate of drug-likeness (QED) is 0.723. The number of piperidine rings is 1. The topological polar surface area (TPSA) is 90.1 Å². The molecule has 0 spiro atoms. The molecule has 0 aliphatic carbocycles. The van der Waals surface area contributed by atoms with Gasteiger partial charge in [0.25, 0.3) is 11.8 Å². The van der Waals surface area contributed by atoms with E-state index in [1.807, 2.05) is 37.4 Å². The van der Waals surface area contributed by atoms with Crippen LogP contribution in [0.25, 0.3) is 0 Å². The van der Waals surface area contributed by atoms with Gasteiger partial charge in [-0.25, -0.2) is 4.39 Å². The highest BCUT2D eigenvalue weighted by atomic mass is 19.1. The van der Waals surface area contributed by atoms with Gasteiger partial charge >= 0.3 is 0 Å². The Balaban J connectivity index is 1.72. The van der Waals surface area contributed by atoms with Crippen LogP contribution in [-0.4, -0.2) is 57.4 Å². The lowest BCUT2D eigenvalue weighted by Crippen LogP contribution is -2.66. The predicted molar refractivity (Wildman–Crippen MR) is 117 cm³/mol. The second kappa shape index (κ2) is 9.00. The number of aliphatic hydroxyl groups is 1. The van der Waals surface area contributed by atoms with Crippen molar-refractivity contribution in [1.29, 1.82) is 0 Å². The molecule has 2 amide bonds. The van der Waals surface area contributed by atoms with E-state index in [0.29, 0.717) is 13.1 Å². The molecule has 0 saturated carbocycles. The van der Waals surface area contributed by atoms with Crippen LogP contribution in [0.3, 0.4) is 0 Å². The SMILES string of the molecule is CN(Cc1ccccc1)C1CCCN2C(=O)C(O)=C(C(N)=O)N(Cc3ccc(F)cc3)C12. The maximum atomic E-state index is 13.4. The number of carbonyl (C=O) groups is 2. The molecule has 2 heterocycles. The zero-order valence-corrected chi connectivity index (χ0v) is 17.9. The molecule has 7 nitrogen and oxygen atoms in total. The minimum Gasteiger partial charge on any atom is -0.501 e. The van der Waals surface area contributed by atoms with Crippen molar-refractivity contribution >= 4 is 11.8 Å². The Hall–Kier alpha value is -3.39. The van der Waals surface area contributed by atoms with E-state index in [-0.39, 0.29) is 24.1 Å². The molecule has 2 aromatic rings. The summed E-state index contributed by atoms with van der Waals surface area (Å²) in [6, 6.07) is 15.8. The molecule has 2 aromatic carbocycles. The standard InChI is InChI=1S/C24H27FN4O3/c1-27(14-16-6-3-2-4-7-16)19-8-5-13-28-23(19)29(15-17-9-11-18(25)12-10-17)20(22(26)31)21(30)24(28)32/h2-4,6-7,9-12,19,23,30H,5,8,13-15H2,1H3,(H2,26,31). The maximum absolute atomic E-state index is 13.4. The number of hydrogen-bond acceptors (Lipinski definition) is 5. The largest absolute Gasteiger partial charge is 0.501 e. The number of rotatable bonds is 6. The number of nitrogens with zero attached hydrogens (tertiary/aromatic N) is 3. The van der Waals surface area contributed by atoms with Crippen molar-refractivity contribution in [2.75, 3.05) is 13.6 Å². The Bertz CT molecular complexity index is 1030. The van der Waals surface area contributed by atoms with Gasteiger partial charge in [0, 0.05) is 25.7 Å². The summed E-state index contributed by atoms with van der Waals surface area (Å²) in [5.41, 5.74) is 7.29. The van der Waals surface area contributed by atoms with Gasteiger partial charge in [0.15, 0.2) is 5.70 Å².